The lowest BCUT2D eigenvalue weighted by Crippen LogP contribution is -2.05. The highest BCUT2D eigenvalue weighted by molar-refractivity contribution is 7.10. The van der Waals surface area contributed by atoms with Crippen LogP contribution in [-0.2, 0) is 6.54 Å². The van der Waals surface area contributed by atoms with Gasteiger partial charge in [0, 0.05) is 18.1 Å². The van der Waals surface area contributed by atoms with E-state index in [4.69, 9.17) is 5.26 Å². The summed E-state index contributed by atoms with van der Waals surface area (Å²) in [4.78, 5) is 3.82. The molecule has 0 aliphatic rings. The van der Waals surface area contributed by atoms with E-state index in [-0.39, 0.29) is 5.82 Å². The van der Waals surface area contributed by atoms with Crippen LogP contribution in [-0.4, -0.2) is 30.9 Å². The third kappa shape index (κ3) is 2.14. The van der Waals surface area contributed by atoms with Crippen molar-refractivity contribution in [1.82, 2.24) is 24.4 Å². The zero-order valence-electron chi connectivity index (χ0n) is 8.58. The zero-order valence-corrected chi connectivity index (χ0v) is 9.40. The molecule has 0 aliphatic carbocycles. The lowest BCUT2D eigenvalue weighted by atomic mass is 10.4. The number of nitrogens with zero attached hydrogens (tertiary/aromatic N) is 6. The van der Waals surface area contributed by atoms with Gasteiger partial charge in [0.1, 0.15) is 23.1 Å². The second-order valence-corrected chi connectivity index (χ2v) is 3.71. The summed E-state index contributed by atoms with van der Waals surface area (Å²) in [5.41, 5.74) is 0.807. The quantitative estimate of drug-likeness (QED) is 0.828. The molecule has 0 radical (unpaired) electrons. The van der Waals surface area contributed by atoms with Gasteiger partial charge >= 0.3 is 0 Å². The predicted molar refractivity (Wildman–Crippen MR) is 57.9 cm³/mol. The molecule has 8 heteroatoms. The molecule has 0 unspecified atom stereocenters. The minimum Gasteiger partial charge on any atom is -0.374 e. The summed E-state index contributed by atoms with van der Waals surface area (Å²) in [5.74, 6) is 0.160. The first kappa shape index (κ1) is 10.5. The van der Waals surface area contributed by atoms with Gasteiger partial charge in [-0.25, -0.2) is 9.67 Å². The van der Waals surface area contributed by atoms with Crippen molar-refractivity contribution in [1.29, 1.82) is 5.26 Å². The van der Waals surface area contributed by atoms with Gasteiger partial charge in [0.2, 0.25) is 0 Å². The van der Waals surface area contributed by atoms with Gasteiger partial charge in [-0.05, 0) is 6.92 Å². The van der Waals surface area contributed by atoms with Gasteiger partial charge in [-0.3, -0.25) is 0 Å². The van der Waals surface area contributed by atoms with Crippen LogP contribution in [0.2, 0.25) is 0 Å². The van der Waals surface area contributed by atoms with Crippen LogP contribution >= 0.6 is 11.5 Å². The summed E-state index contributed by atoms with van der Waals surface area (Å²) in [7, 11) is 0. The van der Waals surface area contributed by atoms with E-state index < -0.39 is 0 Å². The van der Waals surface area contributed by atoms with Gasteiger partial charge in [0.15, 0.2) is 0 Å². The highest BCUT2D eigenvalue weighted by Crippen LogP contribution is 2.17. The Morgan fingerprint density at radius 3 is 3.19 bits per heavy atom. The maximum atomic E-state index is 8.59. The molecule has 82 valence electrons. The fraction of sp³-hybridized carbons (Fsp3) is 0.375. The Morgan fingerprint density at radius 2 is 2.50 bits per heavy atom. The summed E-state index contributed by atoms with van der Waals surface area (Å²) in [6, 6.07) is 1.87. The average molecular weight is 235 g/mol. The number of anilines is 1. The molecular weight excluding hydrogens is 226 g/mol. The standard InChI is InChI=1S/C8H9N7S/c1-2-10-8-6(12-14-16-8)4-15-5-11-7(3-9)13-15/h5,10H,2,4H2,1H3. The van der Waals surface area contributed by atoms with Gasteiger partial charge < -0.3 is 5.32 Å². The van der Waals surface area contributed by atoms with Crippen molar-refractivity contribution in [3.63, 3.8) is 0 Å². The van der Waals surface area contributed by atoms with Crippen LogP contribution in [0.1, 0.15) is 18.4 Å². The first-order valence-electron chi connectivity index (χ1n) is 4.68. The maximum absolute atomic E-state index is 8.59. The van der Waals surface area contributed by atoms with Crippen LogP contribution in [0.25, 0.3) is 0 Å². The van der Waals surface area contributed by atoms with Crippen LogP contribution < -0.4 is 5.32 Å². The second-order valence-electron chi connectivity index (χ2n) is 2.96. The SMILES string of the molecule is CCNc1snnc1Cn1cnc(C#N)n1. The summed E-state index contributed by atoms with van der Waals surface area (Å²) in [5, 5.41) is 20.6. The molecule has 0 bridgehead atoms. The van der Waals surface area contributed by atoms with Crippen molar-refractivity contribution >= 4 is 16.5 Å². The first-order chi connectivity index (χ1) is 7.83. The van der Waals surface area contributed by atoms with E-state index in [9.17, 15) is 0 Å². The molecule has 2 aromatic heterocycles. The van der Waals surface area contributed by atoms with E-state index >= 15 is 0 Å². The highest BCUT2D eigenvalue weighted by atomic mass is 32.1. The Hall–Kier alpha value is -2.01. The molecule has 0 saturated carbocycles. The highest BCUT2D eigenvalue weighted by Gasteiger charge is 2.08. The largest absolute Gasteiger partial charge is 0.374 e. The first-order valence-corrected chi connectivity index (χ1v) is 5.45. The number of hydrogen-bond acceptors (Lipinski definition) is 7. The summed E-state index contributed by atoms with van der Waals surface area (Å²) >= 11 is 1.31. The van der Waals surface area contributed by atoms with Crippen molar-refractivity contribution < 1.29 is 0 Å². The summed E-state index contributed by atoms with van der Waals surface area (Å²) in [6.07, 6.45) is 1.51. The van der Waals surface area contributed by atoms with Gasteiger partial charge in [0.25, 0.3) is 5.82 Å². The number of nitrogens with one attached hydrogen (secondary N) is 1. The molecule has 2 heterocycles. The molecule has 0 saturated heterocycles. The van der Waals surface area contributed by atoms with Crippen molar-refractivity contribution in [2.75, 3.05) is 11.9 Å². The Kier molecular flexibility index (Phi) is 3.07. The van der Waals surface area contributed by atoms with E-state index in [2.05, 4.69) is 25.0 Å². The fourth-order valence-electron chi connectivity index (χ4n) is 1.18. The molecule has 2 rings (SSSR count). The van der Waals surface area contributed by atoms with Crippen LogP contribution in [0, 0.1) is 11.3 Å². The average Bonchev–Trinajstić information content (AvgIpc) is 2.90. The molecule has 0 aromatic carbocycles. The molecule has 1 N–H and O–H groups in total. The normalized spacial score (nSPS) is 10.0. The number of aromatic nitrogens is 5. The van der Waals surface area contributed by atoms with E-state index in [1.807, 2.05) is 13.0 Å². The summed E-state index contributed by atoms with van der Waals surface area (Å²) < 4.78 is 5.43. The molecule has 0 amide bonds. The van der Waals surface area contributed by atoms with Crippen molar-refractivity contribution in [2.45, 2.75) is 13.5 Å². The van der Waals surface area contributed by atoms with Gasteiger partial charge in [-0.15, -0.1) is 10.2 Å². The molecule has 0 spiro atoms. The van der Waals surface area contributed by atoms with E-state index in [0.717, 1.165) is 17.2 Å². The minimum atomic E-state index is 0.160. The Morgan fingerprint density at radius 1 is 1.62 bits per heavy atom. The molecule has 0 fully saturated rings. The lowest BCUT2D eigenvalue weighted by Gasteiger charge is -2.01. The van der Waals surface area contributed by atoms with E-state index in [0.29, 0.717) is 6.54 Å². The van der Waals surface area contributed by atoms with Crippen molar-refractivity contribution in [3.8, 4) is 6.07 Å². The van der Waals surface area contributed by atoms with Crippen LogP contribution in [0.3, 0.4) is 0 Å². The van der Waals surface area contributed by atoms with E-state index in [1.54, 1.807) is 4.68 Å². The Bertz CT molecular complexity index is 508. The Balaban J connectivity index is 2.14. The number of rotatable bonds is 4. The van der Waals surface area contributed by atoms with Gasteiger partial charge in [-0.2, -0.15) is 5.26 Å². The lowest BCUT2D eigenvalue weighted by molar-refractivity contribution is 0.667. The van der Waals surface area contributed by atoms with Gasteiger partial charge in [-0.1, -0.05) is 4.49 Å². The Labute approximate surface area is 95.9 Å². The fourth-order valence-corrected chi connectivity index (χ4v) is 1.82. The molecule has 0 atom stereocenters. The third-order valence-corrected chi connectivity index (χ3v) is 2.57. The smallest absolute Gasteiger partial charge is 0.252 e. The van der Waals surface area contributed by atoms with Crippen LogP contribution in [0.5, 0.6) is 0 Å². The molecule has 0 aliphatic heterocycles. The van der Waals surface area contributed by atoms with Crippen molar-refractivity contribution in [3.05, 3.63) is 17.8 Å². The number of hydrogen-bond donors (Lipinski definition) is 1. The van der Waals surface area contributed by atoms with Gasteiger partial charge in [0.05, 0.1) is 6.54 Å². The molecular formula is C8H9N7S. The number of nitriles is 1. The summed E-state index contributed by atoms with van der Waals surface area (Å²) in [6.45, 7) is 3.29. The minimum absolute atomic E-state index is 0.160. The molecule has 7 nitrogen and oxygen atoms in total. The zero-order chi connectivity index (χ0) is 11.4. The van der Waals surface area contributed by atoms with Crippen LogP contribution in [0.4, 0.5) is 5.00 Å². The van der Waals surface area contributed by atoms with E-state index in [1.165, 1.54) is 17.9 Å². The van der Waals surface area contributed by atoms with Crippen LogP contribution in [0.15, 0.2) is 6.33 Å². The monoisotopic (exact) mass is 235 g/mol. The molecule has 16 heavy (non-hydrogen) atoms. The maximum Gasteiger partial charge on any atom is 0.252 e. The third-order valence-electron chi connectivity index (χ3n) is 1.84. The topological polar surface area (TPSA) is 92.3 Å². The molecule has 2 aromatic rings. The predicted octanol–water partition coefficient (Wildman–Crippen LogP) is 0.481. The second kappa shape index (κ2) is 4.67. The van der Waals surface area contributed by atoms with Crippen molar-refractivity contribution in [2.24, 2.45) is 0 Å².